The van der Waals surface area contributed by atoms with Gasteiger partial charge in [-0.1, -0.05) is 0 Å². The summed E-state index contributed by atoms with van der Waals surface area (Å²) in [6.45, 7) is 0.903. The molecule has 4 nitrogen and oxygen atoms in total. The summed E-state index contributed by atoms with van der Waals surface area (Å²) in [4.78, 5) is 10.8. The molecule has 1 rings (SSSR count). The van der Waals surface area contributed by atoms with E-state index in [-0.39, 0.29) is 0 Å². The first-order chi connectivity index (χ1) is 7.69. The number of hydrogen-bond acceptors (Lipinski definition) is 3. The topological polar surface area (TPSA) is 58.6 Å². The Bertz CT molecular complexity index is 363. The van der Waals surface area contributed by atoms with E-state index in [2.05, 4.69) is 5.32 Å². The van der Waals surface area contributed by atoms with Crippen LogP contribution in [0.4, 0.5) is 0 Å². The highest BCUT2D eigenvalue weighted by Gasteiger charge is 2.08. The average Bonchev–Trinajstić information content (AvgIpc) is 2.29. The molecular weight excluding hydrogens is 206 g/mol. The van der Waals surface area contributed by atoms with Crippen LogP contribution in [-0.4, -0.2) is 31.8 Å². The Kier molecular flexibility index (Phi) is 4.79. The van der Waals surface area contributed by atoms with Gasteiger partial charge in [-0.25, -0.2) is 4.79 Å². The number of nitrogens with one attached hydrogen (secondary N) is 1. The van der Waals surface area contributed by atoms with Crippen LogP contribution in [0.25, 0.3) is 0 Å². The highest BCUT2D eigenvalue weighted by atomic mass is 16.5. The van der Waals surface area contributed by atoms with E-state index in [4.69, 9.17) is 9.84 Å². The van der Waals surface area contributed by atoms with Crippen LogP contribution in [0.3, 0.4) is 0 Å². The van der Waals surface area contributed by atoms with Crippen LogP contribution >= 0.6 is 0 Å². The Morgan fingerprint density at radius 3 is 2.81 bits per heavy atom. The van der Waals surface area contributed by atoms with Crippen LogP contribution in [0.2, 0.25) is 0 Å². The SMILES string of the molecule is CNCCCc1cc(C(=O)O)ccc1OC. The quantitative estimate of drug-likeness (QED) is 0.718. The van der Waals surface area contributed by atoms with Gasteiger partial charge < -0.3 is 15.2 Å². The molecular formula is C12H17NO3. The normalized spacial score (nSPS) is 10.1. The first-order valence-corrected chi connectivity index (χ1v) is 5.24. The molecule has 0 saturated heterocycles. The molecule has 1 aromatic rings. The fraction of sp³-hybridized carbons (Fsp3) is 0.417. The molecule has 0 aliphatic carbocycles. The van der Waals surface area contributed by atoms with Gasteiger partial charge in [0, 0.05) is 0 Å². The number of carboxylic acid groups (broad SMARTS) is 1. The molecule has 0 radical (unpaired) electrons. The van der Waals surface area contributed by atoms with Crippen LogP contribution in [0.1, 0.15) is 22.3 Å². The molecule has 0 amide bonds. The standard InChI is InChI=1S/C12H17NO3/c1-13-7-3-4-9-8-10(12(14)15)5-6-11(9)16-2/h5-6,8,13H,3-4,7H2,1-2H3,(H,14,15). The number of hydrogen-bond donors (Lipinski definition) is 2. The largest absolute Gasteiger partial charge is 0.496 e. The number of aromatic carboxylic acids is 1. The second-order valence-corrected chi connectivity index (χ2v) is 3.54. The summed E-state index contributed by atoms with van der Waals surface area (Å²) in [5, 5.41) is 11.9. The van der Waals surface area contributed by atoms with Gasteiger partial charge in [-0.05, 0) is 50.2 Å². The van der Waals surface area contributed by atoms with E-state index in [0.29, 0.717) is 5.56 Å². The number of rotatable bonds is 6. The van der Waals surface area contributed by atoms with Crippen molar-refractivity contribution in [3.8, 4) is 5.75 Å². The van der Waals surface area contributed by atoms with Crippen molar-refractivity contribution in [2.24, 2.45) is 0 Å². The zero-order chi connectivity index (χ0) is 12.0. The maximum Gasteiger partial charge on any atom is 0.335 e. The van der Waals surface area contributed by atoms with E-state index in [1.807, 2.05) is 7.05 Å². The molecule has 0 aliphatic heterocycles. The maximum absolute atomic E-state index is 10.8. The molecule has 0 aromatic heterocycles. The molecule has 2 N–H and O–H groups in total. The molecule has 0 saturated carbocycles. The number of methoxy groups -OCH3 is 1. The van der Waals surface area contributed by atoms with Gasteiger partial charge in [-0.2, -0.15) is 0 Å². The number of ether oxygens (including phenoxy) is 1. The third-order valence-electron chi connectivity index (χ3n) is 2.40. The molecule has 4 heteroatoms. The number of benzene rings is 1. The molecule has 0 unspecified atom stereocenters. The summed E-state index contributed by atoms with van der Waals surface area (Å²) >= 11 is 0. The average molecular weight is 223 g/mol. The lowest BCUT2D eigenvalue weighted by atomic mass is 10.0. The van der Waals surface area contributed by atoms with Gasteiger partial charge >= 0.3 is 5.97 Å². The molecule has 0 spiro atoms. The monoisotopic (exact) mass is 223 g/mol. The van der Waals surface area contributed by atoms with Crippen molar-refractivity contribution in [2.45, 2.75) is 12.8 Å². The minimum atomic E-state index is -0.905. The Labute approximate surface area is 95.2 Å². The first kappa shape index (κ1) is 12.5. The third kappa shape index (κ3) is 3.24. The zero-order valence-electron chi connectivity index (χ0n) is 9.62. The van der Waals surface area contributed by atoms with Crippen LogP contribution in [0, 0.1) is 0 Å². The molecule has 0 atom stereocenters. The number of aryl methyl sites for hydroxylation is 1. The summed E-state index contributed by atoms with van der Waals surface area (Å²) in [5.41, 5.74) is 1.25. The molecule has 16 heavy (non-hydrogen) atoms. The Morgan fingerprint density at radius 2 is 2.25 bits per heavy atom. The van der Waals surface area contributed by atoms with Gasteiger partial charge in [0.15, 0.2) is 0 Å². The smallest absolute Gasteiger partial charge is 0.335 e. The Hall–Kier alpha value is -1.55. The van der Waals surface area contributed by atoms with E-state index < -0.39 is 5.97 Å². The molecule has 0 aliphatic rings. The molecule has 0 fully saturated rings. The maximum atomic E-state index is 10.8. The second-order valence-electron chi connectivity index (χ2n) is 3.54. The summed E-state index contributed by atoms with van der Waals surface area (Å²) in [5.74, 6) is -0.154. The summed E-state index contributed by atoms with van der Waals surface area (Å²) in [6.07, 6.45) is 1.76. The van der Waals surface area contributed by atoms with Gasteiger partial charge in [0.25, 0.3) is 0 Å². The van der Waals surface area contributed by atoms with Gasteiger partial charge in [0.1, 0.15) is 5.75 Å². The van der Waals surface area contributed by atoms with Crippen LogP contribution < -0.4 is 10.1 Å². The van der Waals surface area contributed by atoms with Gasteiger partial charge in [-0.3, -0.25) is 0 Å². The minimum Gasteiger partial charge on any atom is -0.496 e. The predicted octanol–water partition coefficient (Wildman–Crippen LogP) is 1.55. The van der Waals surface area contributed by atoms with Crippen molar-refractivity contribution < 1.29 is 14.6 Å². The highest BCUT2D eigenvalue weighted by molar-refractivity contribution is 5.88. The summed E-state index contributed by atoms with van der Waals surface area (Å²) in [6, 6.07) is 4.94. The van der Waals surface area contributed by atoms with E-state index in [0.717, 1.165) is 30.7 Å². The highest BCUT2D eigenvalue weighted by Crippen LogP contribution is 2.21. The van der Waals surface area contributed by atoms with Crippen molar-refractivity contribution in [3.05, 3.63) is 29.3 Å². The predicted molar refractivity (Wildman–Crippen MR) is 62.2 cm³/mol. The molecule has 1 aromatic carbocycles. The summed E-state index contributed by atoms with van der Waals surface area (Å²) in [7, 11) is 3.49. The summed E-state index contributed by atoms with van der Waals surface area (Å²) < 4.78 is 5.20. The van der Waals surface area contributed by atoms with Gasteiger partial charge in [0.05, 0.1) is 12.7 Å². The number of carbonyl (C=O) groups is 1. The van der Waals surface area contributed by atoms with E-state index in [1.54, 1.807) is 25.3 Å². The van der Waals surface area contributed by atoms with E-state index in [1.165, 1.54) is 0 Å². The van der Waals surface area contributed by atoms with Gasteiger partial charge in [-0.15, -0.1) is 0 Å². The zero-order valence-corrected chi connectivity index (χ0v) is 9.62. The van der Waals surface area contributed by atoms with Crippen molar-refractivity contribution in [2.75, 3.05) is 20.7 Å². The fourth-order valence-electron chi connectivity index (χ4n) is 1.56. The second kappa shape index (κ2) is 6.12. The van der Waals surface area contributed by atoms with E-state index in [9.17, 15) is 4.79 Å². The molecule has 88 valence electrons. The molecule has 0 heterocycles. The minimum absolute atomic E-state index is 0.306. The van der Waals surface area contributed by atoms with E-state index >= 15 is 0 Å². The van der Waals surface area contributed by atoms with Crippen LogP contribution in [-0.2, 0) is 6.42 Å². The Morgan fingerprint density at radius 1 is 1.50 bits per heavy atom. The lowest BCUT2D eigenvalue weighted by Crippen LogP contribution is -2.09. The fourth-order valence-corrected chi connectivity index (χ4v) is 1.56. The number of carboxylic acids is 1. The Balaban J connectivity index is 2.84. The van der Waals surface area contributed by atoms with Crippen LogP contribution in [0.5, 0.6) is 5.75 Å². The van der Waals surface area contributed by atoms with Crippen LogP contribution in [0.15, 0.2) is 18.2 Å². The lowest BCUT2D eigenvalue weighted by molar-refractivity contribution is 0.0696. The molecule has 0 bridgehead atoms. The van der Waals surface area contributed by atoms with Crippen molar-refractivity contribution in [3.63, 3.8) is 0 Å². The lowest BCUT2D eigenvalue weighted by Gasteiger charge is -2.09. The van der Waals surface area contributed by atoms with Crippen molar-refractivity contribution >= 4 is 5.97 Å². The first-order valence-electron chi connectivity index (χ1n) is 5.24. The van der Waals surface area contributed by atoms with Crippen molar-refractivity contribution in [1.29, 1.82) is 0 Å². The van der Waals surface area contributed by atoms with Gasteiger partial charge in [0.2, 0.25) is 0 Å². The van der Waals surface area contributed by atoms with Crippen molar-refractivity contribution in [1.82, 2.24) is 5.32 Å². The third-order valence-corrected chi connectivity index (χ3v) is 2.40.